The van der Waals surface area contributed by atoms with Gasteiger partial charge in [0.15, 0.2) is 0 Å². The average Bonchev–Trinajstić information content (AvgIpc) is 2.96. The van der Waals surface area contributed by atoms with Gasteiger partial charge in [0.25, 0.3) is 5.97 Å². The van der Waals surface area contributed by atoms with Crippen LogP contribution in [0.25, 0.3) is 0 Å². The van der Waals surface area contributed by atoms with Crippen LogP contribution in [-0.2, 0) is 28.5 Å². The Morgan fingerprint density at radius 3 is 2.72 bits per heavy atom. The number of carbonyl (C=O) groups excluding carboxylic acids is 1. The van der Waals surface area contributed by atoms with Crippen molar-refractivity contribution in [3.63, 3.8) is 0 Å². The van der Waals surface area contributed by atoms with Gasteiger partial charge in [0.2, 0.25) is 0 Å². The minimum absolute atomic E-state index is 0.105. The van der Waals surface area contributed by atoms with E-state index < -0.39 is 5.97 Å². The molecule has 102 valence electrons. The average molecular weight is 258 g/mol. The molecule has 0 saturated carbocycles. The Kier molecular flexibility index (Phi) is 2.85. The molecule has 0 aromatic heterocycles. The standard InChI is InChI=1S/C12H18O6/c1-4-15-12(2)17-9-7-5-6(11(13)14-3)8(16-7)10(9)18-12/h6-10H,4-5H2,1-3H3/t6?,7?,8-,9?,10+,12?/m0/s1. The maximum absolute atomic E-state index is 11.6. The third kappa shape index (κ3) is 1.67. The molecule has 0 spiro atoms. The maximum atomic E-state index is 11.6. The Morgan fingerprint density at radius 1 is 1.33 bits per heavy atom. The van der Waals surface area contributed by atoms with Crippen LogP contribution in [0.3, 0.4) is 0 Å². The van der Waals surface area contributed by atoms with Crippen molar-refractivity contribution in [3.8, 4) is 0 Å². The minimum atomic E-state index is -1.02. The first kappa shape index (κ1) is 12.3. The minimum Gasteiger partial charge on any atom is -0.469 e. The second kappa shape index (κ2) is 4.16. The lowest BCUT2D eigenvalue weighted by molar-refractivity contribution is -0.338. The monoisotopic (exact) mass is 258 g/mol. The molecule has 3 rings (SSSR count). The van der Waals surface area contributed by atoms with E-state index in [9.17, 15) is 4.79 Å². The molecule has 3 saturated heterocycles. The largest absolute Gasteiger partial charge is 0.469 e. The van der Waals surface area contributed by atoms with Crippen LogP contribution < -0.4 is 0 Å². The number of esters is 1. The summed E-state index contributed by atoms with van der Waals surface area (Å²) in [6.45, 7) is 4.14. The number of hydrogen-bond donors (Lipinski definition) is 0. The van der Waals surface area contributed by atoms with Gasteiger partial charge in [-0.2, -0.15) is 0 Å². The predicted molar refractivity (Wildman–Crippen MR) is 58.6 cm³/mol. The Hall–Kier alpha value is -0.690. The quantitative estimate of drug-likeness (QED) is 0.684. The zero-order chi connectivity index (χ0) is 12.9. The lowest BCUT2D eigenvalue weighted by Gasteiger charge is -2.25. The number of carbonyl (C=O) groups is 1. The Balaban J connectivity index is 1.74. The highest BCUT2D eigenvalue weighted by molar-refractivity contribution is 5.74. The molecule has 6 nitrogen and oxygen atoms in total. The lowest BCUT2D eigenvalue weighted by Crippen LogP contribution is -2.42. The highest BCUT2D eigenvalue weighted by Gasteiger charge is 2.64. The number of fused-ring (bicyclic) bond motifs is 5. The van der Waals surface area contributed by atoms with Crippen LogP contribution >= 0.6 is 0 Å². The van der Waals surface area contributed by atoms with Crippen LogP contribution in [0.5, 0.6) is 0 Å². The zero-order valence-electron chi connectivity index (χ0n) is 10.8. The highest BCUT2D eigenvalue weighted by atomic mass is 16.9. The van der Waals surface area contributed by atoms with E-state index in [-0.39, 0.29) is 36.3 Å². The van der Waals surface area contributed by atoms with Crippen LogP contribution in [-0.4, -0.2) is 50.1 Å². The molecule has 6 atom stereocenters. The molecule has 6 heteroatoms. The van der Waals surface area contributed by atoms with Crippen molar-refractivity contribution in [3.05, 3.63) is 0 Å². The fourth-order valence-electron chi connectivity index (χ4n) is 3.16. The lowest BCUT2D eigenvalue weighted by atomic mass is 9.85. The summed E-state index contributed by atoms with van der Waals surface area (Å²) in [4.78, 5) is 11.6. The van der Waals surface area contributed by atoms with E-state index in [0.717, 1.165) is 0 Å². The van der Waals surface area contributed by atoms with Gasteiger partial charge < -0.3 is 23.7 Å². The van der Waals surface area contributed by atoms with Gasteiger partial charge in [0.05, 0.1) is 19.1 Å². The normalized spacial score (nSPS) is 49.4. The summed E-state index contributed by atoms with van der Waals surface area (Å²) < 4.78 is 27.6. The van der Waals surface area contributed by atoms with E-state index in [1.54, 1.807) is 6.92 Å². The molecule has 0 N–H and O–H groups in total. The molecular weight excluding hydrogens is 240 g/mol. The zero-order valence-corrected chi connectivity index (χ0v) is 10.8. The molecular formula is C12H18O6. The van der Waals surface area contributed by atoms with E-state index in [2.05, 4.69) is 0 Å². The molecule has 0 aromatic carbocycles. The molecule has 0 radical (unpaired) electrons. The first-order valence-corrected chi connectivity index (χ1v) is 6.31. The molecule has 0 aliphatic carbocycles. The topological polar surface area (TPSA) is 63.2 Å². The third-order valence-corrected chi connectivity index (χ3v) is 3.84. The molecule has 18 heavy (non-hydrogen) atoms. The molecule has 2 bridgehead atoms. The van der Waals surface area contributed by atoms with Gasteiger partial charge in [-0.15, -0.1) is 0 Å². The molecule has 3 fully saturated rings. The van der Waals surface area contributed by atoms with Crippen molar-refractivity contribution in [2.45, 2.75) is 50.7 Å². The van der Waals surface area contributed by atoms with Crippen molar-refractivity contribution in [1.29, 1.82) is 0 Å². The van der Waals surface area contributed by atoms with E-state index in [1.807, 2.05) is 6.92 Å². The maximum Gasteiger partial charge on any atom is 0.311 e. The van der Waals surface area contributed by atoms with Gasteiger partial charge in [0, 0.05) is 13.5 Å². The smallest absolute Gasteiger partial charge is 0.311 e. The summed E-state index contributed by atoms with van der Waals surface area (Å²) in [7, 11) is 1.39. The van der Waals surface area contributed by atoms with Crippen LogP contribution in [0.4, 0.5) is 0 Å². The van der Waals surface area contributed by atoms with Gasteiger partial charge in [0.1, 0.15) is 18.3 Å². The van der Waals surface area contributed by atoms with Crippen LogP contribution in [0.2, 0.25) is 0 Å². The number of ether oxygens (including phenoxy) is 5. The third-order valence-electron chi connectivity index (χ3n) is 3.84. The van der Waals surface area contributed by atoms with Gasteiger partial charge in [-0.3, -0.25) is 4.79 Å². The summed E-state index contributed by atoms with van der Waals surface area (Å²) in [6.07, 6.45) is -0.151. The van der Waals surface area contributed by atoms with Crippen molar-refractivity contribution >= 4 is 5.97 Å². The molecule has 3 heterocycles. The van der Waals surface area contributed by atoms with Crippen molar-refractivity contribution < 1.29 is 28.5 Å². The van der Waals surface area contributed by atoms with Gasteiger partial charge in [-0.1, -0.05) is 0 Å². The van der Waals surface area contributed by atoms with Gasteiger partial charge in [-0.05, 0) is 13.3 Å². The Bertz CT molecular complexity index is 358. The first-order chi connectivity index (χ1) is 8.58. The van der Waals surface area contributed by atoms with Gasteiger partial charge >= 0.3 is 5.97 Å². The number of hydrogen-bond acceptors (Lipinski definition) is 6. The SMILES string of the molecule is CCOC1(C)OC2C3CC(C(=O)OC)[C@H](O3)[C@H]2O1. The molecule has 3 aliphatic rings. The molecule has 0 amide bonds. The Labute approximate surface area is 105 Å². The van der Waals surface area contributed by atoms with Gasteiger partial charge in [-0.25, -0.2) is 0 Å². The first-order valence-electron chi connectivity index (χ1n) is 6.31. The molecule has 3 aliphatic heterocycles. The summed E-state index contributed by atoms with van der Waals surface area (Å²) in [5, 5.41) is 0. The van der Waals surface area contributed by atoms with Crippen molar-refractivity contribution in [2.75, 3.05) is 13.7 Å². The summed E-state index contributed by atoms with van der Waals surface area (Å²) in [6, 6.07) is 0. The Morgan fingerprint density at radius 2 is 2.06 bits per heavy atom. The van der Waals surface area contributed by atoms with Crippen LogP contribution in [0.15, 0.2) is 0 Å². The van der Waals surface area contributed by atoms with E-state index >= 15 is 0 Å². The second-order valence-corrected chi connectivity index (χ2v) is 4.96. The van der Waals surface area contributed by atoms with E-state index in [0.29, 0.717) is 13.0 Å². The second-order valence-electron chi connectivity index (χ2n) is 4.96. The van der Waals surface area contributed by atoms with Crippen molar-refractivity contribution in [2.24, 2.45) is 5.92 Å². The molecule has 4 unspecified atom stereocenters. The fourth-order valence-corrected chi connectivity index (χ4v) is 3.16. The van der Waals surface area contributed by atoms with E-state index in [4.69, 9.17) is 23.7 Å². The summed E-state index contributed by atoms with van der Waals surface area (Å²) in [5.74, 6) is -1.52. The molecule has 0 aromatic rings. The van der Waals surface area contributed by atoms with E-state index in [1.165, 1.54) is 7.11 Å². The van der Waals surface area contributed by atoms with Crippen LogP contribution in [0.1, 0.15) is 20.3 Å². The highest BCUT2D eigenvalue weighted by Crippen LogP contribution is 2.48. The predicted octanol–water partition coefficient (Wildman–Crippen LogP) is 0.441. The van der Waals surface area contributed by atoms with Crippen molar-refractivity contribution in [1.82, 2.24) is 0 Å². The van der Waals surface area contributed by atoms with Crippen LogP contribution in [0, 0.1) is 5.92 Å². The number of rotatable bonds is 3. The summed E-state index contributed by atoms with van der Waals surface area (Å²) >= 11 is 0. The number of methoxy groups -OCH3 is 1. The fraction of sp³-hybridized carbons (Fsp3) is 0.917. The summed E-state index contributed by atoms with van der Waals surface area (Å²) in [5.41, 5.74) is 0.